The molecule has 2 fully saturated rings. The predicted molar refractivity (Wildman–Crippen MR) is 121 cm³/mol. The van der Waals surface area contributed by atoms with Crippen molar-refractivity contribution in [2.45, 2.75) is 32.7 Å². The summed E-state index contributed by atoms with van der Waals surface area (Å²) in [6.07, 6.45) is 1.95. The first-order valence-corrected chi connectivity index (χ1v) is 11.3. The number of carbonyl (C=O) groups excluding carboxylic acids is 3. The average Bonchev–Trinajstić information content (AvgIpc) is 3.02. The fourth-order valence-electron chi connectivity index (χ4n) is 4.59. The van der Waals surface area contributed by atoms with E-state index < -0.39 is 34.5 Å². The minimum atomic E-state index is -0.635. The summed E-state index contributed by atoms with van der Waals surface area (Å²) >= 11 is 11.9. The molecule has 4 rings (SSSR count). The van der Waals surface area contributed by atoms with Crippen molar-refractivity contribution in [2.24, 2.45) is 17.8 Å². The van der Waals surface area contributed by atoms with Crippen molar-refractivity contribution in [1.82, 2.24) is 10.0 Å². The van der Waals surface area contributed by atoms with Gasteiger partial charge in [0.05, 0.1) is 28.9 Å². The van der Waals surface area contributed by atoms with E-state index in [0.717, 1.165) is 16.4 Å². The highest BCUT2D eigenvalue weighted by molar-refractivity contribution is 6.31. The van der Waals surface area contributed by atoms with E-state index in [0.29, 0.717) is 23.8 Å². The van der Waals surface area contributed by atoms with Crippen LogP contribution in [-0.2, 0) is 16.1 Å². The maximum Gasteiger partial charge on any atom is 0.275 e. The van der Waals surface area contributed by atoms with Gasteiger partial charge in [-0.05, 0) is 61.6 Å². The van der Waals surface area contributed by atoms with Gasteiger partial charge in [-0.15, -0.1) is 0 Å². The zero-order chi connectivity index (χ0) is 23.9. The number of fused-ring (bicyclic) bond motifs is 1. The van der Waals surface area contributed by atoms with Crippen molar-refractivity contribution in [3.63, 3.8) is 0 Å². The number of nitro benzene ring substituents is 1. The van der Waals surface area contributed by atoms with Gasteiger partial charge in [0, 0.05) is 21.7 Å². The minimum Gasteiger partial charge on any atom is -0.272 e. The Bertz CT molecular complexity index is 1140. The molecule has 2 aromatic rings. The fraction of sp³-hybridized carbons (Fsp3) is 0.348. The molecule has 1 saturated heterocycles. The quantitative estimate of drug-likeness (QED) is 0.338. The van der Waals surface area contributed by atoms with Crippen LogP contribution in [0.15, 0.2) is 42.5 Å². The van der Waals surface area contributed by atoms with Crippen LogP contribution < -0.4 is 0 Å². The van der Waals surface area contributed by atoms with E-state index in [9.17, 15) is 24.5 Å². The highest BCUT2D eigenvalue weighted by atomic mass is 35.5. The smallest absolute Gasteiger partial charge is 0.272 e. The molecule has 10 heteroatoms. The van der Waals surface area contributed by atoms with Crippen LogP contribution in [0.2, 0.25) is 10.0 Å². The maximum absolute atomic E-state index is 13.5. The van der Waals surface area contributed by atoms with Gasteiger partial charge in [0.1, 0.15) is 0 Å². The molecule has 0 spiro atoms. The summed E-state index contributed by atoms with van der Waals surface area (Å²) in [6.45, 7) is 1.69. The molecule has 8 nitrogen and oxygen atoms in total. The van der Waals surface area contributed by atoms with Gasteiger partial charge in [-0.2, -0.15) is 5.01 Å². The van der Waals surface area contributed by atoms with Gasteiger partial charge < -0.3 is 0 Å². The third kappa shape index (κ3) is 4.45. The Hall–Kier alpha value is -2.97. The first-order chi connectivity index (χ1) is 15.7. The number of nitro groups is 1. The van der Waals surface area contributed by atoms with E-state index in [-0.39, 0.29) is 28.4 Å². The minimum absolute atomic E-state index is 0.149. The third-order valence-corrected chi connectivity index (χ3v) is 6.78. The number of nitrogens with zero attached hydrogens (tertiary/aromatic N) is 3. The van der Waals surface area contributed by atoms with Crippen LogP contribution in [0.1, 0.15) is 42.1 Å². The number of hydrazine groups is 1. The monoisotopic (exact) mass is 489 g/mol. The van der Waals surface area contributed by atoms with Crippen molar-refractivity contribution in [3.8, 4) is 0 Å². The van der Waals surface area contributed by atoms with Crippen LogP contribution >= 0.6 is 23.2 Å². The molecule has 2 aliphatic rings. The number of amides is 3. The highest BCUT2D eigenvalue weighted by Gasteiger charge is 2.52. The molecule has 0 unspecified atom stereocenters. The molecule has 3 amide bonds. The first-order valence-electron chi connectivity index (χ1n) is 10.6. The topological polar surface area (TPSA) is 101 Å². The van der Waals surface area contributed by atoms with Crippen LogP contribution in [0.5, 0.6) is 0 Å². The molecule has 0 N–H and O–H groups in total. The van der Waals surface area contributed by atoms with Gasteiger partial charge >= 0.3 is 0 Å². The Morgan fingerprint density at radius 2 is 1.70 bits per heavy atom. The lowest BCUT2D eigenvalue weighted by Crippen LogP contribution is -2.49. The van der Waals surface area contributed by atoms with Crippen LogP contribution in [0, 0.1) is 27.9 Å². The summed E-state index contributed by atoms with van der Waals surface area (Å²) in [5.41, 5.74) is 0.0388. The molecule has 0 bridgehead atoms. The summed E-state index contributed by atoms with van der Waals surface area (Å²) in [4.78, 5) is 51.1. The maximum atomic E-state index is 13.5. The van der Waals surface area contributed by atoms with Crippen molar-refractivity contribution >= 4 is 46.6 Å². The molecule has 172 valence electrons. The lowest BCUT2D eigenvalue weighted by atomic mass is 9.76. The van der Waals surface area contributed by atoms with E-state index in [1.807, 2.05) is 6.92 Å². The van der Waals surface area contributed by atoms with E-state index in [1.165, 1.54) is 42.5 Å². The van der Waals surface area contributed by atoms with E-state index in [4.69, 9.17) is 23.2 Å². The number of rotatable bonds is 5. The van der Waals surface area contributed by atoms with Crippen LogP contribution in [0.3, 0.4) is 0 Å². The normalized spacial score (nSPS) is 22.3. The fourth-order valence-corrected chi connectivity index (χ4v) is 4.88. The van der Waals surface area contributed by atoms with E-state index >= 15 is 0 Å². The summed E-state index contributed by atoms with van der Waals surface area (Å²) in [6, 6.07) is 10.1. The lowest BCUT2D eigenvalue weighted by Gasteiger charge is -2.30. The predicted octanol–water partition coefficient (Wildman–Crippen LogP) is 4.88. The van der Waals surface area contributed by atoms with Crippen molar-refractivity contribution in [2.75, 3.05) is 0 Å². The Morgan fingerprint density at radius 3 is 2.36 bits per heavy atom. The van der Waals surface area contributed by atoms with Gasteiger partial charge in [-0.25, -0.2) is 5.01 Å². The Kier molecular flexibility index (Phi) is 6.41. The van der Waals surface area contributed by atoms with Crippen molar-refractivity contribution in [3.05, 3.63) is 73.8 Å². The molecular weight excluding hydrogens is 469 g/mol. The highest BCUT2D eigenvalue weighted by Crippen LogP contribution is 2.41. The van der Waals surface area contributed by atoms with Crippen LogP contribution in [0.25, 0.3) is 0 Å². The molecule has 1 heterocycles. The van der Waals surface area contributed by atoms with E-state index in [2.05, 4.69) is 0 Å². The number of hydrogen-bond acceptors (Lipinski definition) is 5. The lowest BCUT2D eigenvalue weighted by molar-refractivity contribution is -0.385. The van der Waals surface area contributed by atoms with Gasteiger partial charge in [-0.1, -0.05) is 30.1 Å². The van der Waals surface area contributed by atoms with Gasteiger partial charge in [0.25, 0.3) is 23.4 Å². The largest absolute Gasteiger partial charge is 0.275 e. The molecule has 33 heavy (non-hydrogen) atoms. The SMILES string of the molecule is C[C@@H]1CC[C@@H]2C(=O)N(N(Cc3ccc(Cl)cc3[N+](=O)[O-])C(=O)c3ccc(Cl)cc3)C(=O)[C@@H]2C1. The van der Waals surface area contributed by atoms with Crippen LogP contribution in [0.4, 0.5) is 5.69 Å². The van der Waals surface area contributed by atoms with Crippen molar-refractivity contribution < 1.29 is 19.3 Å². The standard InChI is InChI=1S/C23H21Cl2N3O5/c1-13-2-9-18-19(10-13)23(31)27(22(18)30)26(21(29)14-3-6-16(24)7-4-14)12-15-5-8-17(25)11-20(15)28(32)33/h3-8,11,13,18-19H,2,9-10,12H2,1H3/t13-,18+,19-/m1/s1. The summed E-state index contributed by atoms with van der Waals surface area (Å²) < 4.78 is 0. The Morgan fingerprint density at radius 1 is 1.06 bits per heavy atom. The zero-order valence-corrected chi connectivity index (χ0v) is 19.3. The Labute approximate surface area is 200 Å². The second-order valence-corrected chi connectivity index (χ2v) is 9.39. The number of benzene rings is 2. The molecule has 0 aromatic heterocycles. The van der Waals surface area contributed by atoms with Gasteiger partial charge in [-0.3, -0.25) is 24.5 Å². The number of hydrogen-bond donors (Lipinski definition) is 0. The number of halogens is 2. The van der Waals surface area contributed by atoms with E-state index in [1.54, 1.807) is 0 Å². The molecule has 3 atom stereocenters. The molecule has 1 saturated carbocycles. The average molecular weight is 490 g/mol. The second-order valence-electron chi connectivity index (χ2n) is 8.52. The summed E-state index contributed by atoms with van der Waals surface area (Å²) in [7, 11) is 0. The van der Waals surface area contributed by atoms with Crippen LogP contribution in [-0.4, -0.2) is 32.7 Å². The Balaban J connectivity index is 1.76. The third-order valence-electron chi connectivity index (χ3n) is 6.30. The van der Waals surface area contributed by atoms with Gasteiger partial charge in [0.15, 0.2) is 0 Å². The van der Waals surface area contributed by atoms with Gasteiger partial charge in [0.2, 0.25) is 0 Å². The molecule has 1 aliphatic carbocycles. The number of carbonyl (C=O) groups is 3. The summed E-state index contributed by atoms with van der Waals surface area (Å²) in [5.74, 6) is -2.23. The molecular formula is C23H21Cl2N3O5. The molecule has 0 radical (unpaired) electrons. The zero-order valence-electron chi connectivity index (χ0n) is 17.7. The molecule has 2 aromatic carbocycles. The number of imide groups is 1. The first kappa shape index (κ1) is 23.2. The summed E-state index contributed by atoms with van der Waals surface area (Å²) in [5, 5.41) is 14.1. The second kappa shape index (κ2) is 9.11. The molecule has 1 aliphatic heterocycles. The van der Waals surface area contributed by atoms with Crippen molar-refractivity contribution in [1.29, 1.82) is 0 Å².